The molecule has 0 bridgehead atoms. The molecule has 2 rings (SSSR count). The van der Waals surface area contributed by atoms with Gasteiger partial charge in [-0.2, -0.15) is 0 Å². The molecule has 0 aliphatic carbocycles. The summed E-state index contributed by atoms with van der Waals surface area (Å²) in [4.78, 5) is 2.16. The molecule has 0 radical (unpaired) electrons. The van der Waals surface area contributed by atoms with Crippen LogP contribution in [0.5, 0.6) is 0 Å². The fourth-order valence-electron chi connectivity index (χ4n) is 2.08. The lowest BCUT2D eigenvalue weighted by atomic mass is 10.1. The Morgan fingerprint density at radius 3 is 2.40 bits per heavy atom. The highest BCUT2D eigenvalue weighted by atomic mass is 19.1. The molecule has 3 heteroatoms. The molecule has 0 saturated heterocycles. The number of anilines is 2. The van der Waals surface area contributed by atoms with Crippen LogP contribution in [-0.2, 0) is 6.42 Å². The number of nitrogens with zero attached hydrogens (tertiary/aromatic N) is 1. The Balaban J connectivity index is 1.85. The first kappa shape index (κ1) is 14.4. The monoisotopic (exact) mass is 272 g/mol. The minimum atomic E-state index is -0.206. The maximum Gasteiger partial charge on any atom is 0.146 e. The molecule has 1 N–H and O–H groups in total. The van der Waals surface area contributed by atoms with Gasteiger partial charge in [0.2, 0.25) is 0 Å². The Bertz CT molecular complexity index is 537. The van der Waals surface area contributed by atoms with E-state index < -0.39 is 0 Å². The van der Waals surface area contributed by atoms with Crippen molar-refractivity contribution in [2.24, 2.45) is 0 Å². The molecular weight excluding hydrogens is 251 g/mol. The van der Waals surface area contributed by atoms with E-state index in [4.69, 9.17) is 0 Å². The van der Waals surface area contributed by atoms with Crippen LogP contribution in [-0.4, -0.2) is 20.1 Å². The zero-order chi connectivity index (χ0) is 14.4. The van der Waals surface area contributed by atoms with Gasteiger partial charge in [0, 0.05) is 25.8 Å². The Morgan fingerprint density at radius 2 is 1.75 bits per heavy atom. The zero-order valence-electron chi connectivity index (χ0n) is 12.1. The third kappa shape index (κ3) is 3.73. The van der Waals surface area contributed by atoms with Crippen LogP contribution in [0.2, 0.25) is 0 Å². The average molecular weight is 272 g/mol. The first-order chi connectivity index (χ1) is 9.70. The molecule has 0 aromatic heterocycles. The van der Waals surface area contributed by atoms with E-state index >= 15 is 0 Å². The van der Waals surface area contributed by atoms with Gasteiger partial charge in [0.25, 0.3) is 0 Å². The standard InChI is InChI=1S/C17H21FN2/c1-3-14-8-10-15(11-9-14)20(2)13-12-19-17-7-5-4-6-16(17)18/h4-11,19H,3,12-13H2,1-2H3. The number of para-hydroxylation sites is 1. The maximum atomic E-state index is 13.4. The number of hydrogen-bond acceptors (Lipinski definition) is 2. The van der Waals surface area contributed by atoms with E-state index in [1.54, 1.807) is 12.1 Å². The van der Waals surface area contributed by atoms with Gasteiger partial charge in [0.1, 0.15) is 5.82 Å². The van der Waals surface area contributed by atoms with Gasteiger partial charge in [0.15, 0.2) is 0 Å². The number of rotatable bonds is 6. The van der Waals surface area contributed by atoms with Crippen molar-refractivity contribution in [1.29, 1.82) is 0 Å². The first-order valence-corrected chi connectivity index (χ1v) is 6.99. The summed E-state index contributed by atoms with van der Waals surface area (Å²) in [5.74, 6) is -0.206. The van der Waals surface area contributed by atoms with Crippen LogP contribution >= 0.6 is 0 Å². The van der Waals surface area contributed by atoms with Crippen LogP contribution in [0.4, 0.5) is 15.8 Å². The van der Waals surface area contributed by atoms with Crippen LogP contribution in [0.1, 0.15) is 12.5 Å². The summed E-state index contributed by atoms with van der Waals surface area (Å²) >= 11 is 0. The lowest BCUT2D eigenvalue weighted by molar-refractivity contribution is 0.630. The number of aryl methyl sites for hydroxylation is 1. The van der Waals surface area contributed by atoms with Crippen molar-refractivity contribution in [3.8, 4) is 0 Å². The molecule has 0 aliphatic heterocycles. The Hall–Kier alpha value is -2.03. The van der Waals surface area contributed by atoms with Crippen molar-refractivity contribution in [3.05, 3.63) is 59.9 Å². The van der Waals surface area contributed by atoms with E-state index in [9.17, 15) is 4.39 Å². The summed E-state index contributed by atoms with van der Waals surface area (Å²) in [6.45, 7) is 3.67. The summed E-state index contributed by atoms with van der Waals surface area (Å²) < 4.78 is 13.4. The van der Waals surface area contributed by atoms with Crippen LogP contribution in [0.3, 0.4) is 0 Å². The average Bonchev–Trinajstić information content (AvgIpc) is 2.49. The highest BCUT2D eigenvalue weighted by Crippen LogP contribution is 2.15. The largest absolute Gasteiger partial charge is 0.381 e. The highest BCUT2D eigenvalue weighted by molar-refractivity contribution is 5.48. The topological polar surface area (TPSA) is 15.3 Å². The van der Waals surface area contributed by atoms with Gasteiger partial charge >= 0.3 is 0 Å². The number of likely N-dealkylation sites (N-methyl/N-ethyl adjacent to an activating group) is 1. The fourth-order valence-corrected chi connectivity index (χ4v) is 2.08. The lowest BCUT2D eigenvalue weighted by Crippen LogP contribution is -2.24. The summed E-state index contributed by atoms with van der Waals surface area (Å²) in [6, 6.07) is 15.3. The minimum absolute atomic E-state index is 0.206. The molecule has 0 aliphatic rings. The Kier molecular flexibility index (Phi) is 4.99. The molecule has 106 valence electrons. The number of hydrogen-bond donors (Lipinski definition) is 1. The smallest absolute Gasteiger partial charge is 0.146 e. The number of halogens is 1. The highest BCUT2D eigenvalue weighted by Gasteiger charge is 2.02. The van der Waals surface area contributed by atoms with Crippen molar-refractivity contribution in [2.75, 3.05) is 30.4 Å². The predicted octanol–water partition coefficient (Wildman–Crippen LogP) is 3.94. The van der Waals surface area contributed by atoms with Crippen molar-refractivity contribution >= 4 is 11.4 Å². The third-order valence-electron chi connectivity index (χ3n) is 3.42. The van der Waals surface area contributed by atoms with E-state index in [0.717, 1.165) is 13.0 Å². The van der Waals surface area contributed by atoms with Gasteiger partial charge < -0.3 is 10.2 Å². The molecular formula is C17H21FN2. The van der Waals surface area contributed by atoms with E-state index in [1.807, 2.05) is 13.1 Å². The molecule has 20 heavy (non-hydrogen) atoms. The normalized spacial score (nSPS) is 10.3. The number of benzene rings is 2. The van der Waals surface area contributed by atoms with E-state index in [1.165, 1.54) is 17.3 Å². The van der Waals surface area contributed by atoms with Crippen molar-refractivity contribution in [3.63, 3.8) is 0 Å². The summed E-state index contributed by atoms with van der Waals surface area (Å²) in [5, 5.41) is 3.12. The molecule has 0 heterocycles. The summed E-state index contributed by atoms with van der Waals surface area (Å²) in [7, 11) is 2.05. The molecule has 0 fully saturated rings. The van der Waals surface area contributed by atoms with Gasteiger partial charge in [-0.25, -0.2) is 4.39 Å². The summed E-state index contributed by atoms with van der Waals surface area (Å²) in [5.41, 5.74) is 3.08. The summed E-state index contributed by atoms with van der Waals surface area (Å²) in [6.07, 6.45) is 1.05. The molecule has 0 amide bonds. The van der Waals surface area contributed by atoms with Gasteiger partial charge in [-0.15, -0.1) is 0 Å². The fraction of sp³-hybridized carbons (Fsp3) is 0.294. The SMILES string of the molecule is CCc1ccc(N(C)CCNc2ccccc2F)cc1. The van der Waals surface area contributed by atoms with Gasteiger partial charge in [-0.05, 0) is 36.2 Å². The predicted molar refractivity (Wildman–Crippen MR) is 84.0 cm³/mol. The van der Waals surface area contributed by atoms with Crippen LogP contribution in [0.15, 0.2) is 48.5 Å². The van der Waals surface area contributed by atoms with Crippen molar-refractivity contribution in [1.82, 2.24) is 0 Å². The van der Waals surface area contributed by atoms with E-state index in [2.05, 4.69) is 41.4 Å². The second kappa shape index (κ2) is 6.94. The van der Waals surface area contributed by atoms with Gasteiger partial charge in [-0.3, -0.25) is 0 Å². The molecule has 0 saturated carbocycles. The van der Waals surface area contributed by atoms with Crippen molar-refractivity contribution in [2.45, 2.75) is 13.3 Å². The number of nitrogens with one attached hydrogen (secondary N) is 1. The molecule has 0 unspecified atom stereocenters. The second-order valence-electron chi connectivity index (χ2n) is 4.85. The Morgan fingerprint density at radius 1 is 1.05 bits per heavy atom. The second-order valence-corrected chi connectivity index (χ2v) is 4.85. The molecule has 0 atom stereocenters. The third-order valence-corrected chi connectivity index (χ3v) is 3.42. The lowest BCUT2D eigenvalue weighted by Gasteiger charge is -2.20. The van der Waals surface area contributed by atoms with Gasteiger partial charge in [-0.1, -0.05) is 31.2 Å². The van der Waals surface area contributed by atoms with Crippen molar-refractivity contribution < 1.29 is 4.39 Å². The van der Waals surface area contributed by atoms with Gasteiger partial charge in [0.05, 0.1) is 5.69 Å². The first-order valence-electron chi connectivity index (χ1n) is 6.99. The molecule has 2 aromatic carbocycles. The molecule has 2 aromatic rings. The maximum absolute atomic E-state index is 13.4. The zero-order valence-corrected chi connectivity index (χ0v) is 12.1. The van der Waals surface area contributed by atoms with Crippen LogP contribution < -0.4 is 10.2 Å². The molecule has 0 spiro atoms. The van der Waals surface area contributed by atoms with E-state index in [-0.39, 0.29) is 5.82 Å². The molecule has 2 nitrogen and oxygen atoms in total. The Labute approximate surface area is 120 Å². The minimum Gasteiger partial charge on any atom is -0.381 e. The van der Waals surface area contributed by atoms with E-state index in [0.29, 0.717) is 12.2 Å². The van der Waals surface area contributed by atoms with Crippen LogP contribution in [0.25, 0.3) is 0 Å². The quantitative estimate of drug-likeness (QED) is 0.857. The van der Waals surface area contributed by atoms with Crippen LogP contribution in [0, 0.1) is 5.82 Å².